The van der Waals surface area contributed by atoms with E-state index in [4.69, 9.17) is 21.5 Å². The molecule has 0 radical (unpaired) electrons. The van der Waals surface area contributed by atoms with E-state index in [1.165, 1.54) is 38.6 Å². The van der Waals surface area contributed by atoms with Crippen molar-refractivity contribution in [3.05, 3.63) is 41.7 Å². The molecule has 0 saturated heterocycles. The summed E-state index contributed by atoms with van der Waals surface area (Å²) in [4.78, 5) is 17.1. The van der Waals surface area contributed by atoms with E-state index in [1.54, 1.807) is 12.1 Å². The Hall–Kier alpha value is -2.44. The lowest BCUT2D eigenvalue weighted by molar-refractivity contribution is -0.192. The van der Waals surface area contributed by atoms with E-state index in [2.05, 4.69) is 15.3 Å². The molecule has 148 valence electrons. The Kier molecular flexibility index (Phi) is 7.51. The van der Waals surface area contributed by atoms with Crippen molar-refractivity contribution in [1.29, 1.82) is 0 Å². The summed E-state index contributed by atoms with van der Waals surface area (Å²) in [6.07, 6.45) is -2.17. The van der Waals surface area contributed by atoms with Crippen LogP contribution >= 0.6 is 11.6 Å². The summed E-state index contributed by atoms with van der Waals surface area (Å²) in [7, 11) is -0.499. The molecule has 0 amide bonds. The van der Waals surface area contributed by atoms with Crippen molar-refractivity contribution in [2.75, 3.05) is 19.4 Å². The van der Waals surface area contributed by atoms with Crippen molar-refractivity contribution < 1.29 is 31.5 Å². The molecule has 0 bridgehead atoms. The number of alkyl halides is 3. The maximum atomic E-state index is 12.0. The molecular formula is C14H14ClF3N4O4S. The fourth-order valence-corrected chi connectivity index (χ4v) is 2.50. The van der Waals surface area contributed by atoms with E-state index in [0.717, 1.165) is 4.31 Å². The second-order valence-electron chi connectivity index (χ2n) is 4.97. The number of nitrogens with zero attached hydrogens (tertiary/aromatic N) is 3. The minimum Gasteiger partial charge on any atom is -0.475 e. The number of hydrogen-bond donors (Lipinski definition) is 2. The lowest BCUT2D eigenvalue weighted by atomic mass is 10.3. The average Bonchev–Trinajstić information content (AvgIpc) is 2.57. The molecule has 1 heterocycles. The van der Waals surface area contributed by atoms with Gasteiger partial charge in [-0.25, -0.2) is 27.5 Å². The van der Waals surface area contributed by atoms with Gasteiger partial charge in [0.2, 0.25) is 16.0 Å². The molecule has 2 rings (SSSR count). The van der Waals surface area contributed by atoms with Crippen LogP contribution in [0, 0.1) is 0 Å². The molecule has 8 nitrogen and oxygen atoms in total. The summed E-state index contributed by atoms with van der Waals surface area (Å²) in [5, 5.41) is 10.5. The molecule has 27 heavy (non-hydrogen) atoms. The van der Waals surface area contributed by atoms with E-state index in [0.29, 0.717) is 16.7 Å². The number of carbonyl (C=O) groups is 1. The highest BCUT2D eigenvalue weighted by molar-refractivity contribution is 7.89. The molecule has 0 fully saturated rings. The molecule has 0 aliphatic rings. The van der Waals surface area contributed by atoms with Gasteiger partial charge in [-0.2, -0.15) is 13.2 Å². The van der Waals surface area contributed by atoms with Crippen molar-refractivity contribution in [1.82, 2.24) is 14.3 Å². The fourth-order valence-electron chi connectivity index (χ4n) is 1.45. The number of anilines is 2. The first kappa shape index (κ1) is 22.6. The zero-order valence-electron chi connectivity index (χ0n) is 13.9. The normalized spacial score (nSPS) is 11.5. The summed E-state index contributed by atoms with van der Waals surface area (Å²) in [6, 6.07) is 6.43. The molecule has 0 unspecified atom stereocenters. The van der Waals surface area contributed by atoms with Gasteiger partial charge in [-0.3, -0.25) is 0 Å². The van der Waals surface area contributed by atoms with Crippen molar-refractivity contribution in [2.45, 2.75) is 11.1 Å². The molecule has 0 saturated carbocycles. The predicted molar refractivity (Wildman–Crippen MR) is 91.3 cm³/mol. The third-order valence-electron chi connectivity index (χ3n) is 2.73. The standard InChI is InChI=1S/C12H13ClN4O2S.C2HF3O2/c1-17(2)20(18,19)11-5-3-4-10(6-11)16-12-14-7-9(13)8-15-12;3-2(4,5)1(6)7/h3-8H,1-2H3,(H,14,15,16);(H,6,7). The molecule has 1 aromatic carbocycles. The Morgan fingerprint density at radius 1 is 1.22 bits per heavy atom. The zero-order valence-corrected chi connectivity index (χ0v) is 15.5. The van der Waals surface area contributed by atoms with Gasteiger partial charge < -0.3 is 10.4 Å². The molecule has 0 spiro atoms. The van der Waals surface area contributed by atoms with E-state index >= 15 is 0 Å². The number of carboxylic acids is 1. The molecule has 0 aliphatic heterocycles. The van der Waals surface area contributed by atoms with Crippen molar-refractivity contribution in [3.63, 3.8) is 0 Å². The smallest absolute Gasteiger partial charge is 0.475 e. The summed E-state index contributed by atoms with van der Waals surface area (Å²) < 4.78 is 57.0. The monoisotopic (exact) mass is 426 g/mol. The van der Waals surface area contributed by atoms with Crippen LogP contribution in [0.5, 0.6) is 0 Å². The molecule has 1 aromatic heterocycles. The first-order valence-corrected chi connectivity index (χ1v) is 8.73. The maximum absolute atomic E-state index is 12.0. The van der Waals surface area contributed by atoms with Crippen LogP contribution in [0.2, 0.25) is 5.02 Å². The van der Waals surface area contributed by atoms with E-state index in [1.807, 2.05) is 0 Å². The largest absolute Gasteiger partial charge is 0.490 e. The number of rotatable bonds is 4. The quantitative estimate of drug-likeness (QED) is 0.772. The van der Waals surface area contributed by atoms with Crippen LogP contribution in [-0.4, -0.2) is 54.0 Å². The number of aliphatic carboxylic acids is 1. The van der Waals surface area contributed by atoms with Crippen molar-refractivity contribution >= 4 is 39.2 Å². The van der Waals surface area contributed by atoms with Gasteiger partial charge in [-0.15, -0.1) is 0 Å². The number of hydrogen-bond acceptors (Lipinski definition) is 6. The second-order valence-corrected chi connectivity index (χ2v) is 7.56. The highest BCUT2D eigenvalue weighted by atomic mass is 35.5. The van der Waals surface area contributed by atoms with E-state index < -0.39 is 22.2 Å². The number of halogens is 4. The lowest BCUT2D eigenvalue weighted by Crippen LogP contribution is -2.22. The number of benzene rings is 1. The van der Waals surface area contributed by atoms with E-state index in [9.17, 15) is 21.6 Å². The van der Waals surface area contributed by atoms with Crippen LogP contribution in [0.4, 0.5) is 24.8 Å². The van der Waals surface area contributed by atoms with E-state index in [-0.39, 0.29) is 4.90 Å². The van der Waals surface area contributed by atoms with Gasteiger partial charge in [0.1, 0.15) is 0 Å². The maximum Gasteiger partial charge on any atom is 0.490 e. The van der Waals surface area contributed by atoms with Gasteiger partial charge in [-0.1, -0.05) is 17.7 Å². The fraction of sp³-hybridized carbons (Fsp3) is 0.214. The predicted octanol–water partition coefficient (Wildman–Crippen LogP) is 2.76. The Bertz CT molecular complexity index is 890. The molecule has 2 N–H and O–H groups in total. The Morgan fingerprint density at radius 2 is 1.74 bits per heavy atom. The molecule has 0 atom stereocenters. The third-order valence-corrected chi connectivity index (χ3v) is 4.74. The van der Waals surface area contributed by atoms with Crippen LogP contribution < -0.4 is 5.32 Å². The van der Waals surface area contributed by atoms with Gasteiger partial charge >= 0.3 is 12.1 Å². The van der Waals surface area contributed by atoms with Crippen LogP contribution in [-0.2, 0) is 14.8 Å². The molecular weight excluding hydrogens is 413 g/mol. The first-order chi connectivity index (χ1) is 12.3. The Morgan fingerprint density at radius 3 is 2.19 bits per heavy atom. The average molecular weight is 427 g/mol. The summed E-state index contributed by atoms with van der Waals surface area (Å²) in [6.45, 7) is 0. The van der Waals surface area contributed by atoms with Crippen LogP contribution in [0.15, 0.2) is 41.6 Å². The Labute approximate surface area is 157 Å². The summed E-state index contributed by atoms with van der Waals surface area (Å²) >= 11 is 5.70. The van der Waals surface area contributed by atoms with Gasteiger partial charge in [-0.05, 0) is 18.2 Å². The highest BCUT2D eigenvalue weighted by Crippen LogP contribution is 2.20. The van der Waals surface area contributed by atoms with Crippen molar-refractivity contribution in [2.24, 2.45) is 0 Å². The number of nitrogens with one attached hydrogen (secondary N) is 1. The first-order valence-electron chi connectivity index (χ1n) is 6.91. The number of sulfonamides is 1. The summed E-state index contributed by atoms with van der Waals surface area (Å²) in [5.41, 5.74) is 0.579. The summed E-state index contributed by atoms with van der Waals surface area (Å²) in [5.74, 6) is -2.42. The molecule has 13 heteroatoms. The number of carboxylic acid groups (broad SMARTS) is 1. The zero-order chi connectivity index (χ0) is 20.8. The van der Waals surface area contributed by atoms with Gasteiger partial charge in [0.25, 0.3) is 0 Å². The number of aromatic nitrogens is 2. The lowest BCUT2D eigenvalue weighted by Gasteiger charge is -2.12. The van der Waals surface area contributed by atoms with Crippen LogP contribution in [0.3, 0.4) is 0 Å². The van der Waals surface area contributed by atoms with Gasteiger partial charge in [0.15, 0.2) is 0 Å². The topological polar surface area (TPSA) is 112 Å². The van der Waals surface area contributed by atoms with Gasteiger partial charge in [0, 0.05) is 19.8 Å². The van der Waals surface area contributed by atoms with Crippen molar-refractivity contribution in [3.8, 4) is 0 Å². The van der Waals surface area contributed by atoms with Crippen LogP contribution in [0.25, 0.3) is 0 Å². The van der Waals surface area contributed by atoms with Gasteiger partial charge in [0.05, 0.1) is 22.3 Å². The minimum absolute atomic E-state index is 0.196. The SMILES string of the molecule is CN(C)S(=O)(=O)c1cccc(Nc2ncc(Cl)cn2)c1.O=C(O)C(F)(F)F. The van der Waals surface area contributed by atoms with Crippen LogP contribution in [0.1, 0.15) is 0 Å². The molecule has 2 aromatic rings. The third kappa shape index (κ3) is 7.00. The Balaban J connectivity index is 0.000000445. The highest BCUT2D eigenvalue weighted by Gasteiger charge is 2.38. The molecule has 0 aliphatic carbocycles. The second kappa shape index (κ2) is 8.97. The minimum atomic E-state index is -5.08.